The van der Waals surface area contributed by atoms with Crippen molar-refractivity contribution < 1.29 is 80.7 Å². The topological polar surface area (TPSA) is 199 Å². The fourth-order valence-electron chi connectivity index (χ4n) is 7.99. The second-order valence-electron chi connectivity index (χ2n) is 17.6. The van der Waals surface area contributed by atoms with Crippen molar-refractivity contribution in [3.8, 4) is 11.5 Å². The van der Waals surface area contributed by atoms with Crippen LogP contribution in [0.2, 0.25) is 0 Å². The van der Waals surface area contributed by atoms with Crippen LogP contribution in [0.1, 0.15) is 55.2 Å². The SMILES string of the molecule is CCCCCCCCN1C(=O)C2=C(c3cccs3)N(CC(=O)Nc3cc(OCCOCCOCCOCCOCCOCCOC)cc(OCCOCCOCCOCCOCCOCCOC)c3)C(=O)C2=C1c1cccs1. The highest BCUT2D eigenvalue weighted by molar-refractivity contribution is 7.11. The number of nitrogens with one attached hydrogen (secondary N) is 1. The number of thiophene rings is 2. The monoisotopic (exact) mass is 1130 g/mol. The van der Waals surface area contributed by atoms with Crippen LogP contribution in [0.15, 0.2) is 64.4 Å². The van der Waals surface area contributed by atoms with Crippen LogP contribution >= 0.6 is 22.7 Å². The summed E-state index contributed by atoms with van der Waals surface area (Å²) >= 11 is 2.90. The largest absolute Gasteiger partial charge is 0.491 e. The van der Waals surface area contributed by atoms with Crippen LogP contribution in [0, 0.1) is 0 Å². The van der Waals surface area contributed by atoms with Gasteiger partial charge in [0.1, 0.15) is 31.3 Å². The van der Waals surface area contributed by atoms with Crippen molar-refractivity contribution in [3.05, 3.63) is 74.1 Å². The van der Waals surface area contributed by atoms with Gasteiger partial charge >= 0.3 is 0 Å². The van der Waals surface area contributed by atoms with Crippen molar-refractivity contribution in [2.45, 2.75) is 45.4 Å². The van der Waals surface area contributed by atoms with Gasteiger partial charge in [0.2, 0.25) is 5.91 Å². The maximum Gasteiger partial charge on any atom is 0.261 e. The highest BCUT2D eigenvalue weighted by Gasteiger charge is 2.49. The van der Waals surface area contributed by atoms with Gasteiger partial charge in [0.25, 0.3) is 11.8 Å². The molecule has 0 radical (unpaired) electrons. The number of methoxy groups -OCH3 is 2. The normalized spacial score (nSPS) is 13.5. The van der Waals surface area contributed by atoms with Gasteiger partial charge in [0.15, 0.2) is 0 Å². The Bertz CT molecular complexity index is 2100. The second-order valence-corrected chi connectivity index (χ2v) is 19.5. The lowest BCUT2D eigenvalue weighted by Crippen LogP contribution is -2.35. The van der Waals surface area contributed by atoms with Crippen molar-refractivity contribution in [2.24, 2.45) is 0 Å². The average molecular weight is 1130 g/mol. The number of carbonyl (C=O) groups is 3. The highest BCUT2D eigenvalue weighted by Crippen LogP contribution is 2.48. The standard InChI is InChI=1S/C56H83N3O17S2/c1-4-5-6-7-8-9-14-58-53(48-12-10-39-77-48)51-52(55(58)61)54(49-13-11-40-78-49)59(56(51)62)44-50(60)57-45-41-46(75-37-35-73-33-31-71-29-27-69-25-23-67-21-19-65-17-15-63-2)43-47(42-45)76-38-36-74-34-32-72-30-28-70-26-24-68-22-20-66-18-16-64-3/h10-13,39-43H,4-9,14-38,44H2,1-3H3,(H,57,60). The van der Waals surface area contributed by atoms with E-state index >= 15 is 0 Å². The molecule has 0 saturated heterocycles. The van der Waals surface area contributed by atoms with Crippen LogP contribution in [0.5, 0.6) is 11.5 Å². The molecular formula is C56H83N3O17S2. The van der Waals surface area contributed by atoms with Crippen molar-refractivity contribution in [1.82, 2.24) is 9.80 Å². The van der Waals surface area contributed by atoms with Crippen LogP contribution < -0.4 is 14.8 Å². The van der Waals surface area contributed by atoms with Gasteiger partial charge in [-0.2, -0.15) is 0 Å². The molecule has 2 aromatic heterocycles. The summed E-state index contributed by atoms with van der Waals surface area (Å²) < 4.78 is 77.6. The van der Waals surface area contributed by atoms with E-state index in [1.54, 1.807) is 37.3 Å². The molecule has 0 unspecified atom stereocenters. The summed E-state index contributed by atoms with van der Waals surface area (Å²) in [6.45, 7) is 12.6. The lowest BCUT2D eigenvalue weighted by molar-refractivity contribution is -0.127. The molecule has 436 valence electrons. The summed E-state index contributed by atoms with van der Waals surface area (Å²) in [5, 5.41) is 6.80. The van der Waals surface area contributed by atoms with Gasteiger partial charge < -0.3 is 76.5 Å². The molecule has 78 heavy (non-hydrogen) atoms. The Labute approximate surface area is 468 Å². The number of ether oxygens (including phenoxy) is 14. The van der Waals surface area contributed by atoms with E-state index in [4.69, 9.17) is 66.3 Å². The second kappa shape index (κ2) is 40.7. The summed E-state index contributed by atoms with van der Waals surface area (Å²) in [5.74, 6) is -0.238. The third-order valence-corrected chi connectivity index (χ3v) is 13.5. The van der Waals surface area contributed by atoms with Gasteiger partial charge in [-0.25, -0.2) is 0 Å². The van der Waals surface area contributed by atoms with E-state index in [0.29, 0.717) is 178 Å². The zero-order valence-electron chi connectivity index (χ0n) is 46.0. The Hall–Kier alpha value is -4.37. The fourth-order valence-corrected chi connectivity index (χ4v) is 9.56. The van der Waals surface area contributed by atoms with Gasteiger partial charge in [-0.1, -0.05) is 51.2 Å². The van der Waals surface area contributed by atoms with E-state index in [0.717, 1.165) is 41.9 Å². The first-order valence-electron chi connectivity index (χ1n) is 27.1. The predicted molar refractivity (Wildman–Crippen MR) is 297 cm³/mol. The number of nitrogens with zero attached hydrogens (tertiary/aromatic N) is 2. The summed E-state index contributed by atoms with van der Waals surface area (Å²) in [5.41, 5.74) is 2.11. The molecule has 1 N–H and O–H groups in total. The van der Waals surface area contributed by atoms with Crippen molar-refractivity contribution in [1.29, 1.82) is 0 Å². The van der Waals surface area contributed by atoms with E-state index in [1.165, 1.54) is 34.0 Å². The maximum absolute atomic E-state index is 14.7. The lowest BCUT2D eigenvalue weighted by atomic mass is 10.1. The average Bonchev–Trinajstić information content (AvgIpc) is 4.45. The Balaban J connectivity index is 1.12. The van der Waals surface area contributed by atoms with E-state index in [1.807, 2.05) is 35.0 Å². The minimum absolute atomic E-state index is 0.204. The zero-order valence-corrected chi connectivity index (χ0v) is 47.6. The molecular weight excluding hydrogens is 1050 g/mol. The molecule has 0 aliphatic carbocycles. The molecule has 3 aromatic rings. The number of hydrogen-bond donors (Lipinski definition) is 1. The van der Waals surface area contributed by atoms with Gasteiger partial charge in [0, 0.05) is 44.7 Å². The highest BCUT2D eigenvalue weighted by atomic mass is 32.1. The third kappa shape index (κ3) is 24.2. The van der Waals surface area contributed by atoms with Gasteiger partial charge in [-0.05, 0) is 29.3 Å². The number of carbonyl (C=O) groups excluding carboxylic acids is 3. The minimum Gasteiger partial charge on any atom is -0.491 e. The van der Waals surface area contributed by atoms with Gasteiger partial charge in [0.05, 0.1) is 178 Å². The summed E-state index contributed by atoms with van der Waals surface area (Å²) in [7, 11) is 3.27. The molecule has 4 heterocycles. The predicted octanol–water partition coefficient (Wildman–Crippen LogP) is 6.83. The summed E-state index contributed by atoms with van der Waals surface area (Å²) in [6, 6.07) is 12.7. The quantitative estimate of drug-likeness (QED) is 0.0577. The number of anilines is 1. The lowest BCUT2D eigenvalue weighted by Gasteiger charge is -2.24. The van der Waals surface area contributed by atoms with E-state index in [2.05, 4.69) is 12.2 Å². The van der Waals surface area contributed by atoms with Crippen molar-refractivity contribution >= 4 is 57.5 Å². The molecule has 3 amide bonds. The molecule has 1 aromatic carbocycles. The van der Waals surface area contributed by atoms with E-state index < -0.39 is 5.91 Å². The minimum atomic E-state index is -0.473. The number of rotatable bonds is 50. The number of unbranched alkanes of at least 4 members (excludes halogenated alkanes) is 5. The number of fused-ring (bicyclic) bond motifs is 1. The van der Waals surface area contributed by atoms with E-state index in [9.17, 15) is 14.4 Å². The smallest absolute Gasteiger partial charge is 0.261 e. The van der Waals surface area contributed by atoms with Crippen LogP contribution in [-0.4, -0.2) is 213 Å². The fraction of sp³-hybridized carbons (Fsp3) is 0.625. The van der Waals surface area contributed by atoms with Crippen LogP contribution in [-0.2, 0) is 71.2 Å². The molecule has 20 nitrogen and oxygen atoms in total. The molecule has 0 spiro atoms. The third-order valence-electron chi connectivity index (χ3n) is 11.7. The van der Waals surface area contributed by atoms with Crippen LogP contribution in [0.4, 0.5) is 5.69 Å². The van der Waals surface area contributed by atoms with E-state index in [-0.39, 0.29) is 44.8 Å². The Kier molecular flexibility index (Phi) is 33.7. The van der Waals surface area contributed by atoms with Crippen molar-refractivity contribution in [3.63, 3.8) is 0 Å². The Morgan fingerprint density at radius 2 is 0.821 bits per heavy atom. The first-order chi connectivity index (χ1) is 38.5. The Morgan fingerprint density at radius 3 is 1.21 bits per heavy atom. The number of benzene rings is 1. The Morgan fingerprint density at radius 1 is 0.462 bits per heavy atom. The number of amides is 3. The first-order valence-corrected chi connectivity index (χ1v) is 28.9. The molecule has 0 bridgehead atoms. The molecule has 0 saturated carbocycles. The molecule has 5 rings (SSSR count). The summed E-state index contributed by atoms with van der Waals surface area (Å²) in [6.07, 6.45) is 6.40. The molecule has 0 fully saturated rings. The first kappa shape index (κ1) is 64.5. The maximum atomic E-state index is 14.7. The van der Waals surface area contributed by atoms with Gasteiger partial charge in [-0.3, -0.25) is 19.3 Å². The van der Waals surface area contributed by atoms with Crippen LogP contribution in [0.3, 0.4) is 0 Å². The molecule has 22 heteroatoms. The van der Waals surface area contributed by atoms with Crippen molar-refractivity contribution in [2.75, 3.05) is 191 Å². The summed E-state index contributed by atoms with van der Waals surface area (Å²) in [4.78, 5) is 48.1. The molecule has 0 atom stereocenters. The number of hydrogen-bond acceptors (Lipinski definition) is 19. The molecule has 2 aliphatic rings. The van der Waals surface area contributed by atoms with Crippen LogP contribution in [0.25, 0.3) is 11.4 Å². The zero-order chi connectivity index (χ0) is 55.1. The van der Waals surface area contributed by atoms with Gasteiger partial charge in [-0.15, -0.1) is 22.7 Å². The molecule has 2 aliphatic heterocycles.